The van der Waals surface area contributed by atoms with E-state index in [1.54, 1.807) is 6.92 Å². The highest BCUT2D eigenvalue weighted by atomic mass is 79.9. The van der Waals surface area contributed by atoms with Gasteiger partial charge in [-0.25, -0.2) is 9.18 Å². The summed E-state index contributed by atoms with van der Waals surface area (Å²) in [5.74, 6) is -1.88. The van der Waals surface area contributed by atoms with Crippen molar-refractivity contribution in [3.05, 3.63) is 34.1 Å². The van der Waals surface area contributed by atoms with Gasteiger partial charge < -0.3 is 15.8 Å². The maximum Gasteiger partial charge on any atom is 0.332 e. The lowest BCUT2D eigenvalue weighted by molar-refractivity contribution is -0.148. The number of esters is 1. The van der Waals surface area contributed by atoms with E-state index in [4.69, 9.17) is 5.73 Å². The molecule has 1 aromatic carbocycles. The van der Waals surface area contributed by atoms with Crippen molar-refractivity contribution in [1.29, 1.82) is 0 Å². The molecule has 0 radical (unpaired) electrons. The van der Waals surface area contributed by atoms with Crippen LogP contribution in [0.5, 0.6) is 0 Å². The third-order valence-electron chi connectivity index (χ3n) is 2.28. The number of amides is 1. The Balaban J connectivity index is 2.59. The first kappa shape index (κ1) is 15.6. The second-order valence-electron chi connectivity index (χ2n) is 3.68. The summed E-state index contributed by atoms with van der Waals surface area (Å²) in [5.41, 5.74) is 5.95. The molecule has 0 aromatic heterocycles. The summed E-state index contributed by atoms with van der Waals surface area (Å²) in [6.45, 7) is 1.83. The minimum absolute atomic E-state index is 0.0598. The average molecular weight is 333 g/mol. The molecular weight excluding hydrogens is 319 g/mol. The molecule has 0 fully saturated rings. The van der Waals surface area contributed by atoms with Crippen LogP contribution < -0.4 is 11.1 Å². The lowest BCUT2D eigenvalue weighted by Gasteiger charge is -2.12. The Morgan fingerprint density at radius 2 is 2.21 bits per heavy atom. The average Bonchev–Trinajstić information content (AvgIpc) is 2.38. The van der Waals surface area contributed by atoms with Crippen LogP contribution in [0.3, 0.4) is 0 Å². The van der Waals surface area contributed by atoms with Gasteiger partial charge in [0.15, 0.2) is 6.04 Å². The van der Waals surface area contributed by atoms with Crippen molar-refractivity contribution in [2.45, 2.75) is 19.5 Å². The van der Waals surface area contributed by atoms with Crippen molar-refractivity contribution in [3.8, 4) is 0 Å². The molecule has 3 N–H and O–H groups in total. The zero-order valence-corrected chi connectivity index (χ0v) is 11.9. The van der Waals surface area contributed by atoms with E-state index in [2.05, 4.69) is 26.0 Å². The SMILES string of the molecule is CCOC(=O)C(N)C(=O)NCc1cc(F)ccc1Br. The van der Waals surface area contributed by atoms with Gasteiger partial charge in [-0.2, -0.15) is 0 Å². The molecule has 0 aliphatic heterocycles. The fraction of sp³-hybridized carbons (Fsp3) is 0.333. The summed E-state index contributed by atoms with van der Waals surface area (Å²) < 4.78 is 18.3. The summed E-state index contributed by atoms with van der Waals surface area (Å²) in [6.07, 6.45) is 0. The van der Waals surface area contributed by atoms with E-state index < -0.39 is 23.7 Å². The molecule has 5 nitrogen and oxygen atoms in total. The van der Waals surface area contributed by atoms with E-state index in [1.807, 2.05) is 0 Å². The number of halogens is 2. The van der Waals surface area contributed by atoms with Crippen molar-refractivity contribution in [2.24, 2.45) is 5.73 Å². The maximum absolute atomic E-state index is 13.0. The van der Waals surface area contributed by atoms with E-state index in [1.165, 1.54) is 18.2 Å². The summed E-state index contributed by atoms with van der Waals surface area (Å²) in [7, 11) is 0. The summed E-state index contributed by atoms with van der Waals surface area (Å²) in [4.78, 5) is 22.8. The predicted molar refractivity (Wildman–Crippen MR) is 70.6 cm³/mol. The van der Waals surface area contributed by atoms with Crippen molar-refractivity contribution in [2.75, 3.05) is 6.61 Å². The van der Waals surface area contributed by atoms with Gasteiger partial charge in [-0.05, 0) is 30.7 Å². The molecule has 1 atom stereocenters. The highest BCUT2D eigenvalue weighted by Gasteiger charge is 2.23. The highest BCUT2D eigenvalue weighted by molar-refractivity contribution is 9.10. The first-order valence-corrected chi connectivity index (χ1v) is 6.38. The predicted octanol–water partition coefficient (Wildman–Crippen LogP) is 1.09. The minimum atomic E-state index is -1.38. The number of ether oxygens (including phenoxy) is 1. The van der Waals surface area contributed by atoms with Crippen molar-refractivity contribution < 1.29 is 18.7 Å². The number of carbonyl (C=O) groups excluding carboxylic acids is 2. The van der Waals surface area contributed by atoms with Crippen LogP contribution in [0.4, 0.5) is 4.39 Å². The normalized spacial score (nSPS) is 11.8. The van der Waals surface area contributed by atoms with Crippen LogP contribution in [0.2, 0.25) is 0 Å². The molecule has 1 aromatic rings. The molecule has 0 bridgehead atoms. The van der Waals surface area contributed by atoms with Crippen LogP contribution in [-0.4, -0.2) is 24.5 Å². The molecule has 1 amide bonds. The van der Waals surface area contributed by atoms with Gasteiger partial charge in [-0.1, -0.05) is 15.9 Å². The van der Waals surface area contributed by atoms with Gasteiger partial charge in [0.2, 0.25) is 5.91 Å². The molecule has 0 aliphatic carbocycles. The number of rotatable bonds is 5. The van der Waals surface area contributed by atoms with Gasteiger partial charge >= 0.3 is 5.97 Å². The Kier molecular flexibility index (Phi) is 5.91. The van der Waals surface area contributed by atoms with Gasteiger partial charge in [0.25, 0.3) is 0 Å². The molecule has 1 unspecified atom stereocenters. The second kappa shape index (κ2) is 7.20. The molecule has 104 valence electrons. The maximum atomic E-state index is 13.0. The number of hydrogen-bond donors (Lipinski definition) is 2. The Bertz CT molecular complexity index is 482. The third-order valence-corrected chi connectivity index (χ3v) is 3.06. The Labute approximate surface area is 118 Å². The molecule has 0 saturated heterocycles. The first-order valence-electron chi connectivity index (χ1n) is 5.59. The zero-order chi connectivity index (χ0) is 14.4. The van der Waals surface area contributed by atoms with Crippen molar-refractivity contribution in [1.82, 2.24) is 5.32 Å². The molecule has 0 aliphatic rings. The van der Waals surface area contributed by atoms with E-state index in [9.17, 15) is 14.0 Å². The lowest BCUT2D eigenvalue weighted by Crippen LogP contribution is -2.46. The van der Waals surface area contributed by atoms with Gasteiger partial charge in [-0.3, -0.25) is 4.79 Å². The van der Waals surface area contributed by atoms with Crippen LogP contribution in [0.25, 0.3) is 0 Å². The molecule has 0 saturated carbocycles. The summed E-state index contributed by atoms with van der Waals surface area (Å²) in [6, 6.07) is 2.72. The lowest BCUT2D eigenvalue weighted by atomic mass is 10.2. The first-order chi connectivity index (χ1) is 8.95. The minimum Gasteiger partial charge on any atom is -0.464 e. The Hall–Kier alpha value is -1.47. The topological polar surface area (TPSA) is 81.4 Å². The van der Waals surface area contributed by atoms with E-state index in [0.29, 0.717) is 10.0 Å². The largest absolute Gasteiger partial charge is 0.464 e. The van der Waals surface area contributed by atoms with E-state index >= 15 is 0 Å². The quantitative estimate of drug-likeness (QED) is 0.624. The van der Waals surface area contributed by atoms with Gasteiger partial charge in [0.1, 0.15) is 5.82 Å². The number of benzene rings is 1. The molecule has 7 heteroatoms. The molecule has 0 spiro atoms. The van der Waals surface area contributed by atoms with Crippen LogP contribution in [0.15, 0.2) is 22.7 Å². The summed E-state index contributed by atoms with van der Waals surface area (Å²) >= 11 is 3.23. The smallest absolute Gasteiger partial charge is 0.332 e. The van der Waals surface area contributed by atoms with E-state index in [0.717, 1.165) is 0 Å². The number of carbonyl (C=O) groups is 2. The fourth-order valence-electron chi connectivity index (χ4n) is 1.31. The standard InChI is InChI=1S/C12H14BrFN2O3/c1-2-19-12(18)10(15)11(17)16-6-7-5-8(14)3-4-9(7)13/h3-5,10H,2,6,15H2,1H3,(H,16,17). The van der Waals surface area contributed by atoms with Crippen LogP contribution in [0.1, 0.15) is 12.5 Å². The zero-order valence-electron chi connectivity index (χ0n) is 10.3. The van der Waals surface area contributed by atoms with Gasteiger partial charge in [0, 0.05) is 11.0 Å². The Morgan fingerprint density at radius 3 is 2.84 bits per heavy atom. The second-order valence-corrected chi connectivity index (χ2v) is 4.54. The number of hydrogen-bond acceptors (Lipinski definition) is 4. The highest BCUT2D eigenvalue weighted by Crippen LogP contribution is 2.17. The van der Waals surface area contributed by atoms with Crippen LogP contribution in [-0.2, 0) is 20.9 Å². The third kappa shape index (κ3) is 4.60. The van der Waals surface area contributed by atoms with Gasteiger partial charge in [0.05, 0.1) is 6.61 Å². The van der Waals surface area contributed by atoms with Crippen molar-refractivity contribution >= 4 is 27.8 Å². The molecular formula is C12H14BrFN2O3. The van der Waals surface area contributed by atoms with Crippen LogP contribution in [0, 0.1) is 5.82 Å². The molecule has 1 rings (SSSR count). The monoisotopic (exact) mass is 332 g/mol. The van der Waals surface area contributed by atoms with Crippen LogP contribution >= 0.6 is 15.9 Å². The van der Waals surface area contributed by atoms with Gasteiger partial charge in [-0.15, -0.1) is 0 Å². The van der Waals surface area contributed by atoms with Crippen molar-refractivity contribution in [3.63, 3.8) is 0 Å². The Morgan fingerprint density at radius 1 is 1.53 bits per heavy atom. The fourth-order valence-corrected chi connectivity index (χ4v) is 1.70. The summed E-state index contributed by atoms with van der Waals surface area (Å²) in [5, 5.41) is 2.44. The molecule has 0 heterocycles. The molecule has 19 heavy (non-hydrogen) atoms. The number of nitrogens with two attached hydrogens (primary N) is 1. The van der Waals surface area contributed by atoms with E-state index in [-0.39, 0.29) is 13.2 Å². The number of nitrogens with one attached hydrogen (secondary N) is 1.